The Morgan fingerprint density at radius 2 is 1.94 bits per heavy atom. The van der Waals surface area contributed by atoms with Crippen molar-refractivity contribution in [3.63, 3.8) is 0 Å². The molecule has 4 rings (SSSR count). The van der Waals surface area contributed by atoms with E-state index in [1.54, 1.807) is 24.3 Å². The van der Waals surface area contributed by atoms with Gasteiger partial charge in [-0.3, -0.25) is 9.52 Å². The van der Waals surface area contributed by atoms with Crippen molar-refractivity contribution in [2.75, 3.05) is 4.72 Å². The number of hydrogen-bond acceptors (Lipinski definition) is 6. The molecule has 1 aromatic heterocycles. The third-order valence-corrected chi connectivity index (χ3v) is 7.43. The molecule has 3 aromatic carbocycles. The summed E-state index contributed by atoms with van der Waals surface area (Å²) in [6.07, 6.45) is 0. The fourth-order valence-corrected chi connectivity index (χ4v) is 5.50. The minimum absolute atomic E-state index is 0.0351. The average molecular weight is 603 g/mol. The van der Waals surface area contributed by atoms with Gasteiger partial charge in [0.05, 0.1) is 23.0 Å². The van der Waals surface area contributed by atoms with Crippen LogP contribution in [0.25, 0.3) is 11.0 Å². The second kappa shape index (κ2) is 9.25. The SMILES string of the molecule is O=C(NCc1ccc(F)cc1Cl)c1ccc(I)cc1NS(=O)(=O)c1cccc2nsnc12. The van der Waals surface area contributed by atoms with Crippen LogP contribution in [0.2, 0.25) is 5.02 Å². The molecule has 1 amide bonds. The van der Waals surface area contributed by atoms with Gasteiger partial charge in [-0.05, 0) is 70.6 Å². The van der Waals surface area contributed by atoms with Crippen molar-refractivity contribution in [2.45, 2.75) is 11.4 Å². The molecule has 0 aliphatic rings. The van der Waals surface area contributed by atoms with E-state index in [1.807, 2.05) is 22.6 Å². The van der Waals surface area contributed by atoms with E-state index in [0.717, 1.165) is 21.4 Å². The minimum atomic E-state index is -4.05. The highest BCUT2D eigenvalue weighted by atomic mass is 127. The first-order valence-corrected chi connectivity index (χ1v) is 12.7. The van der Waals surface area contributed by atoms with Gasteiger partial charge in [0.2, 0.25) is 0 Å². The molecule has 7 nitrogen and oxygen atoms in total. The predicted octanol–water partition coefficient (Wildman–Crippen LogP) is 4.82. The number of sulfonamides is 1. The van der Waals surface area contributed by atoms with E-state index in [0.29, 0.717) is 11.1 Å². The molecule has 0 bridgehead atoms. The van der Waals surface area contributed by atoms with Crippen LogP contribution in [0.5, 0.6) is 0 Å². The summed E-state index contributed by atoms with van der Waals surface area (Å²) < 4.78 is 50.8. The van der Waals surface area contributed by atoms with E-state index in [-0.39, 0.29) is 33.2 Å². The maximum Gasteiger partial charge on any atom is 0.264 e. The van der Waals surface area contributed by atoms with E-state index < -0.39 is 21.7 Å². The van der Waals surface area contributed by atoms with Gasteiger partial charge in [-0.2, -0.15) is 8.75 Å². The normalized spacial score (nSPS) is 11.5. The molecule has 0 atom stereocenters. The third-order valence-electron chi connectivity index (χ3n) is 4.46. The first kappa shape index (κ1) is 22.8. The van der Waals surface area contributed by atoms with Crippen LogP contribution in [0.1, 0.15) is 15.9 Å². The summed E-state index contributed by atoms with van der Waals surface area (Å²) in [5.41, 5.74) is 1.48. The highest BCUT2D eigenvalue weighted by Gasteiger charge is 2.23. The van der Waals surface area contributed by atoms with E-state index in [4.69, 9.17) is 11.6 Å². The van der Waals surface area contributed by atoms with Gasteiger partial charge in [-0.25, -0.2) is 12.8 Å². The van der Waals surface area contributed by atoms with Gasteiger partial charge in [0.25, 0.3) is 15.9 Å². The fourth-order valence-electron chi connectivity index (χ4n) is 2.93. The number of nitrogens with one attached hydrogen (secondary N) is 2. The van der Waals surface area contributed by atoms with Crippen LogP contribution in [0, 0.1) is 9.39 Å². The number of fused-ring (bicyclic) bond motifs is 1. The number of carbonyl (C=O) groups is 1. The number of halogens is 3. The number of benzene rings is 3. The maximum atomic E-state index is 13.2. The lowest BCUT2D eigenvalue weighted by Crippen LogP contribution is -2.25. The number of carbonyl (C=O) groups excluding carboxylic acids is 1. The summed E-state index contributed by atoms with van der Waals surface area (Å²) >= 11 is 8.95. The Kier molecular flexibility index (Phi) is 6.60. The Labute approximate surface area is 205 Å². The zero-order chi connectivity index (χ0) is 22.9. The number of rotatable bonds is 6. The summed E-state index contributed by atoms with van der Waals surface area (Å²) in [7, 11) is -4.05. The molecule has 12 heteroatoms. The van der Waals surface area contributed by atoms with Gasteiger partial charge in [-0.15, -0.1) is 0 Å². The van der Waals surface area contributed by atoms with E-state index in [1.165, 1.54) is 24.3 Å². The van der Waals surface area contributed by atoms with Crippen molar-refractivity contribution in [3.05, 3.63) is 80.1 Å². The van der Waals surface area contributed by atoms with Crippen LogP contribution in [-0.4, -0.2) is 23.1 Å². The van der Waals surface area contributed by atoms with Crippen LogP contribution >= 0.6 is 45.9 Å². The first-order valence-electron chi connectivity index (χ1n) is 9.00. The summed E-state index contributed by atoms with van der Waals surface area (Å²) in [6, 6.07) is 13.3. The molecular weight excluding hydrogens is 590 g/mol. The molecule has 0 aliphatic heterocycles. The van der Waals surface area contributed by atoms with Gasteiger partial charge in [0, 0.05) is 15.1 Å². The highest BCUT2D eigenvalue weighted by Crippen LogP contribution is 2.27. The lowest BCUT2D eigenvalue weighted by molar-refractivity contribution is 0.0952. The van der Waals surface area contributed by atoms with Crippen molar-refractivity contribution in [1.82, 2.24) is 14.1 Å². The van der Waals surface area contributed by atoms with Gasteiger partial charge in [-0.1, -0.05) is 23.7 Å². The number of amides is 1. The average Bonchev–Trinajstić information content (AvgIpc) is 3.21. The van der Waals surface area contributed by atoms with Crippen molar-refractivity contribution in [2.24, 2.45) is 0 Å². The Balaban J connectivity index is 1.62. The molecule has 0 fully saturated rings. The van der Waals surface area contributed by atoms with Crippen molar-refractivity contribution < 1.29 is 17.6 Å². The quantitative estimate of drug-likeness (QED) is 0.308. The summed E-state index contributed by atoms with van der Waals surface area (Å²) in [6.45, 7) is 0.0416. The molecule has 0 saturated heterocycles. The first-order chi connectivity index (χ1) is 15.2. The lowest BCUT2D eigenvalue weighted by atomic mass is 10.1. The van der Waals surface area contributed by atoms with Crippen LogP contribution in [0.3, 0.4) is 0 Å². The molecule has 0 unspecified atom stereocenters. The van der Waals surface area contributed by atoms with E-state index >= 15 is 0 Å². The molecule has 2 N–H and O–H groups in total. The van der Waals surface area contributed by atoms with Crippen LogP contribution in [0.15, 0.2) is 59.5 Å². The van der Waals surface area contributed by atoms with Crippen LogP contribution in [-0.2, 0) is 16.6 Å². The topological polar surface area (TPSA) is 101 Å². The van der Waals surface area contributed by atoms with Crippen molar-refractivity contribution in [3.8, 4) is 0 Å². The second-order valence-corrected chi connectivity index (χ2v) is 10.4. The molecule has 0 radical (unpaired) electrons. The summed E-state index contributed by atoms with van der Waals surface area (Å²) in [5, 5.41) is 2.86. The smallest absolute Gasteiger partial charge is 0.264 e. The number of anilines is 1. The zero-order valence-corrected chi connectivity index (χ0v) is 20.5. The Morgan fingerprint density at radius 1 is 1.12 bits per heavy atom. The predicted molar refractivity (Wildman–Crippen MR) is 130 cm³/mol. The summed E-state index contributed by atoms with van der Waals surface area (Å²) in [4.78, 5) is 12.8. The van der Waals surface area contributed by atoms with Crippen molar-refractivity contribution >= 4 is 78.6 Å². The van der Waals surface area contributed by atoms with E-state index in [9.17, 15) is 17.6 Å². The lowest BCUT2D eigenvalue weighted by Gasteiger charge is -2.14. The highest BCUT2D eigenvalue weighted by molar-refractivity contribution is 14.1. The maximum absolute atomic E-state index is 13.2. The Hall–Kier alpha value is -2.35. The molecule has 0 saturated carbocycles. The Bertz CT molecular complexity index is 1450. The third kappa shape index (κ3) is 4.85. The van der Waals surface area contributed by atoms with Gasteiger partial charge < -0.3 is 5.32 Å². The molecule has 0 aliphatic carbocycles. The molecular formula is C20H13ClFIN4O3S2. The van der Waals surface area contributed by atoms with Gasteiger partial charge >= 0.3 is 0 Å². The van der Waals surface area contributed by atoms with Crippen LogP contribution < -0.4 is 10.0 Å². The monoisotopic (exact) mass is 602 g/mol. The summed E-state index contributed by atoms with van der Waals surface area (Å²) in [5.74, 6) is -1.00. The van der Waals surface area contributed by atoms with Crippen molar-refractivity contribution in [1.29, 1.82) is 0 Å². The minimum Gasteiger partial charge on any atom is -0.348 e. The largest absolute Gasteiger partial charge is 0.348 e. The fraction of sp³-hybridized carbons (Fsp3) is 0.0500. The number of hydrogen-bond donors (Lipinski definition) is 2. The standard InChI is InChI=1S/C20H13ClFIN4O3S2/c21-15-8-12(22)5-4-11(15)10-24-20(28)14-7-6-13(23)9-17(14)27-32(29,30)18-3-1-2-16-19(18)26-31-25-16/h1-9,27H,10H2,(H,24,28). The Morgan fingerprint density at radius 3 is 2.72 bits per heavy atom. The van der Waals surface area contributed by atoms with Gasteiger partial charge in [0.1, 0.15) is 21.7 Å². The van der Waals surface area contributed by atoms with Crippen LogP contribution in [0.4, 0.5) is 10.1 Å². The van der Waals surface area contributed by atoms with E-state index in [2.05, 4.69) is 18.8 Å². The molecule has 32 heavy (non-hydrogen) atoms. The molecule has 164 valence electrons. The zero-order valence-electron chi connectivity index (χ0n) is 16.0. The molecule has 1 heterocycles. The number of aromatic nitrogens is 2. The van der Waals surface area contributed by atoms with Gasteiger partial charge in [0.15, 0.2) is 0 Å². The number of nitrogens with zero attached hydrogens (tertiary/aromatic N) is 2. The molecule has 4 aromatic rings. The second-order valence-electron chi connectivity index (χ2n) is 6.60. The molecule has 0 spiro atoms.